The Labute approximate surface area is 88.8 Å². The van der Waals surface area contributed by atoms with Crippen molar-refractivity contribution in [1.29, 1.82) is 0 Å². The van der Waals surface area contributed by atoms with Gasteiger partial charge in [0.05, 0.1) is 0 Å². The highest BCUT2D eigenvalue weighted by Gasteiger charge is 2.18. The average molecular weight is 198 g/mol. The summed E-state index contributed by atoms with van der Waals surface area (Å²) in [7, 11) is 0. The van der Waals surface area contributed by atoms with Crippen molar-refractivity contribution in [3.8, 4) is 0 Å². The van der Waals surface area contributed by atoms with E-state index in [1.807, 2.05) is 0 Å². The molecule has 1 rings (SSSR count). The maximum atomic E-state index is 5.93. The quantitative estimate of drug-likeness (QED) is 0.734. The molecule has 1 saturated heterocycles. The van der Waals surface area contributed by atoms with Crippen LogP contribution in [-0.4, -0.2) is 30.6 Å². The van der Waals surface area contributed by atoms with Crippen LogP contribution in [0.2, 0.25) is 0 Å². The van der Waals surface area contributed by atoms with Crippen LogP contribution in [0.15, 0.2) is 0 Å². The highest BCUT2D eigenvalue weighted by molar-refractivity contribution is 4.73. The first-order valence-corrected chi connectivity index (χ1v) is 6.24. The molecule has 0 radical (unpaired) electrons. The van der Waals surface area contributed by atoms with E-state index < -0.39 is 0 Å². The second kappa shape index (κ2) is 6.41. The summed E-state index contributed by atoms with van der Waals surface area (Å²) in [5.41, 5.74) is 5.93. The van der Waals surface area contributed by atoms with Gasteiger partial charge in [-0.2, -0.15) is 0 Å². The Balaban J connectivity index is 2.10. The smallest absolute Gasteiger partial charge is 0.00363 e. The molecule has 1 aliphatic rings. The van der Waals surface area contributed by atoms with Gasteiger partial charge in [0.15, 0.2) is 0 Å². The molecule has 0 saturated carbocycles. The minimum atomic E-state index is 0.444. The highest BCUT2D eigenvalue weighted by Crippen LogP contribution is 2.22. The lowest BCUT2D eigenvalue weighted by Crippen LogP contribution is -2.33. The van der Waals surface area contributed by atoms with E-state index in [2.05, 4.69) is 18.7 Å². The minimum Gasteiger partial charge on any atom is -0.328 e. The standard InChI is InChI=1S/C12H26N2/c1-3-12(13)6-5-11-7-9-14(4-2)10-8-11/h11-12H,3-10,13H2,1-2H3. The number of hydrogen-bond acceptors (Lipinski definition) is 2. The van der Waals surface area contributed by atoms with Crippen LogP contribution in [0.5, 0.6) is 0 Å². The van der Waals surface area contributed by atoms with Crippen LogP contribution in [-0.2, 0) is 0 Å². The van der Waals surface area contributed by atoms with Crippen LogP contribution in [0.25, 0.3) is 0 Å². The second-order valence-electron chi connectivity index (χ2n) is 4.62. The minimum absolute atomic E-state index is 0.444. The van der Waals surface area contributed by atoms with E-state index in [1.165, 1.54) is 45.3 Å². The Morgan fingerprint density at radius 3 is 2.43 bits per heavy atom. The predicted molar refractivity (Wildman–Crippen MR) is 62.3 cm³/mol. The average Bonchev–Trinajstić information content (AvgIpc) is 2.26. The Morgan fingerprint density at radius 1 is 1.29 bits per heavy atom. The van der Waals surface area contributed by atoms with Gasteiger partial charge in [0, 0.05) is 6.04 Å². The van der Waals surface area contributed by atoms with E-state index in [0.717, 1.165) is 12.3 Å². The molecule has 1 unspecified atom stereocenters. The molecule has 0 aromatic rings. The van der Waals surface area contributed by atoms with Crippen molar-refractivity contribution in [2.24, 2.45) is 11.7 Å². The normalized spacial score (nSPS) is 22.5. The van der Waals surface area contributed by atoms with Crippen molar-refractivity contribution >= 4 is 0 Å². The fourth-order valence-corrected chi connectivity index (χ4v) is 2.25. The molecule has 0 amide bonds. The van der Waals surface area contributed by atoms with E-state index >= 15 is 0 Å². The fourth-order valence-electron chi connectivity index (χ4n) is 2.25. The SMILES string of the molecule is CCC(N)CCC1CCN(CC)CC1. The van der Waals surface area contributed by atoms with Gasteiger partial charge in [-0.25, -0.2) is 0 Å². The molecule has 0 spiro atoms. The lowest BCUT2D eigenvalue weighted by atomic mass is 9.90. The summed E-state index contributed by atoms with van der Waals surface area (Å²) in [6.07, 6.45) is 6.50. The van der Waals surface area contributed by atoms with Crippen molar-refractivity contribution in [3.63, 3.8) is 0 Å². The first kappa shape index (κ1) is 12.0. The van der Waals surface area contributed by atoms with Gasteiger partial charge >= 0.3 is 0 Å². The van der Waals surface area contributed by atoms with Crippen LogP contribution in [0, 0.1) is 5.92 Å². The zero-order chi connectivity index (χ0) is 10.4. The summed E-state index contributed by atoms with van der Waals surface area (Å²) in [5.74, 6) is 0.954. The molecule has 1 atom stereocenters. The molecule has 84 valence electrons. The second-order valence-corrected chi connectivity index (χ2v) is 4.62. The summed E-state index contributed by atoms with van der Waals surface area (Å²) < 4.78 is 0. The van der Waals surface area contributed by atoms with Crippen molar-refractivity contribution in [2.45, 2.75) is 52.0 Å². The van der Waals surface area contributed by atoms with E-state index in [0.29, 0.717) is 6.04 Å². The number of rotatable bonds is 5. The van der Waals surface area contributed by atoms with E-state index in [-0.39, 0.29) is 0 Å². The van der Waals surface area contributed by atoms with Crippen LogP contribution in [0.4, 0.5) is 0 Å². The molecule has 0 bridgehead atoms. The third-order valence-electron chi connectivity index (χ3n) is 3.62. The molecule has 2 nitrogen and oxygen atoms in total. The lowest BCUT2D eigenvalue weighted by Gasteiger charge is -2.31. The topological polar surface area (TPSA) is 29.3 Å². The summed E-state index contributed by atoms with van der Waals surface area (Å²) in [6, 6.07) is 0.444. The van der Waals surface area contributed by atoms with E-state index in [4.69, 9.17) is 5.73 Å². The van der Waals surface area contributed by atoms with Crippen LogP contribution in [0.1, 0.15) is 46.0 Å². The largest absolute Gasteiger partial charge is 0.328 e. The van der Waals surface area contributed by atoms with Gasteiger partial charge in [-0.05, 0) is 57.7 Å². The molecular weight excluding hydrogens is 172 g/mol. The fraction of sp³-hybridized carbons (Fsp3) is 1.00. The zero-order valence-corrected chi connectivity index (χ0v) is 9.84. The third-order valence-corrected chi connectivity index (χ3v) is 3.62. The number of nitrogens with two attached hydrogens (primary N) is 1. The first-order valence-electron chi connectivity index (χ1n) is 6.24. The summed E-state index contributed by atoms with van der Waals surface area (Å²) in [6.45, 7) is 8.28. The number of nitrogens with zero attached hydrogens (tertiary/aromatic N) is 1. The van der Waals surface area contributed by atoms with Crippen LogP contribution < -0.4 is 5.73 Å². The molecule has 14 heavy (non-hydrogen) atoms. The van der Waals surface area contributed by atoms with Gasteiger partial charge in [-0.3, -0.25) is 0 Å². The summed E-state index contributed by atoms with van der Waals surface area (Å²) in [4.78, 5) is 2.55. The Hall–Kier alpha value is -0.0800. The third kappa shape index (κ3) is 3.97. The summed E-state index contributed by atoms with van der Waals surface area (Å²) in [5, 5.41) is 0. The van der Waals surface area contributed by atoms with Crippen molar-refractivity contribution < 1.29 is 0 Å². The first-order chi connectivity index (χ1) is 6.76. The van der Waals surface area contributed by atoms with Crippen molar-refractivity contribution in [3.05, 3.63) is 0 Å². The molecule has 0 aromatic heterocycles. The molecule has 1 heterocycles. The van der Waals surface area contributed by atoms with Crippen LogP contribution in [0.3, 0.4) is 0 Å². The number of hydrogen-bond donors (Lipinski definition) is 1. The molecule has 0 aromatic carbocycles. The van der Waals surface area contributed by atoms with Gasteiger partial charge < -0.3 is 10.6 Å². The highest BCUT2D eigenvalue weighted by atomic mass is 15.1. The summed E-state index contributed by atoms with van der Waals surface area (Å²) >= 11 is 0. The van der Waals surface area contributed by atoms with Crippen LogP contribution >= 0.6 is 0 Å². The van der Waals surface area contributed by atoms with E-state index in [9.17, 15) is 0 Å². The van der Waals surface area contributed by atoms with Gasteiger partial charge in [0.1, 0.15) is 0 Å². The molecule has 1 aliphatic heterocycles. The van der Waals surface area contributed by atoms with E-state index in [1.54, 1.807) is 0 Å². The Bertz CT molecular complexity index is 139. The maximum Gasteiger partial charge on any atom is 0.00363 e. The van der Waals surface area contributed by atoms with Crippen molar-refractivity contribution in [2.75, 3.05) is 19.6 Å². The monoisotopic (exact) mass is 198 g/mol. The Morgan fingerprint density at radius 2 is 1.93 bits per heavy atom. The van der Waals surface area contributed by atoms with Gasteiger partial charge in [-0.15, -0.1) is 0 Å². The van der Waals surface area contributed by atoms with Crippen molar-refractivity contribution in [1.82, 2.24) is 4.90 Å². The predicted octanol–water partition coefficient (Wildman–Crippen LogP) is 2.24. The molecule has 2 N–H and O–H groups in total. The maximum absolute atomic E-state index is 5.93. The van der Waals surface area contributed by atoms with Gasteiger partial charge in [-0.1, -0.05) is 13.8 Å². The molecular formula is C12H26N2. The number of piperidine rings is 1. The Kier molecular flexibility index (Phi) is 5.49. The molecule has 2 heteroatoms. The lowest BCUT2D eigenvalue weighted by molar-refractivity contribution is 0.183. The van der Waals surface area contributed by atoms with Gasteiger partial charge in [0.25, 0.3) is 0 Å². The molecule has 1 fully saturated rings. The molecule has 0 aliphatic carbocycles. The zero-order valence-electron chi connectivity index (χ0n) is 9.84. The van der Waals surface area contributed by atoms with Gasteiger partial charge in [0.2, 0.25) is 0 Å². The number of likely N-dealkylation sites (tertiary alicyclic amines) is 1.